The third kappa shape index (κ3) is 3.60. The number of likely N-dealkylation sites (tertiary alicyclic amines) is 1. The van der Waals surface area contributed by atoms with Crippen molar-refractivity contribution in [3.63, 3.8) is 0 Å². The van der Waals surface area contributed by atoms with E-state index in [0.717, 1.165) is 44.3 Å². The second-order valence-electron chi connectivity index (χ2n) is 6.95. The number of nitrogens with zero attached hydrogens (tertiary/aromatic N) is 3. The Hall–Kier alpha value is -3.02. The number of aromatic nitrogens is 3. The van der Waals surface area contributed by atoms with Gasteiger partial charge in [-0.25, -0.2) is 5.10 Å². The van der Waals surface area contributed by atoms with Crippen molar-refractivity contribution in [3.05, 3.63) is 70.4 Å². The first kappa shape index (κ1) is 17.4. The standard InChI is InChI=1S/C21H22N4O2/c26-20-18-10-2-1-9-17(18)19(23-24-20)21(27)25-14-6-4-8-16(25)12-11-15-7-3-5-13-22-15/h1-3,5,7,9-10,13,16H,4,6,8,11-12,14H2,(H,24,26). The molecule has 138 valence electrons. The molecule has 1 N–H and O–H groups in total. The molecule has 3 aromatic rings. The number of carbonyl (C=O) groups excluding carboxylic acids is 1. The van der Waals surface area contributed by atoms with Gasteiger partial charge in [-0.3, -0.25) is 14.6 Å². The maximum Gasteiger partial charge on any atom is 0.275 e. The fourth-order valence-electron chi connectivity index (χ4n) is 3.84. The van der Waals surface area contributed by atoms with Gasteiger partial charge in [-0.1, -0.05) is 24.3 Å². The van der Waals surface area contributed by atoms with Crippen LogP contribution in [-0.4, -0.2) is 38.6 Å². The molecule has 1 aliphatic rings. The summed E-state index contributed by atoms with van der Waals surface area (Å²) in [6.07, 6.45) is 6.62. The lowest BCUT2D eigenvalue weighted by atomic mass is 9.96. The van der Waals surface area contributed by atoms with Crippen molar-refractivity contribution in [1.82, 2.24) is 20.1 Å². The Labute approximate surface area is 157 Å². The summed E-state index contributed by atoms with van der Waals surface area (Å²) >= 11 is 0. The van der Waals surface area contributed by atoms with E-state index >= 15 is 0 Å². The fourth-order valence-corrected chi connectivity index (χ4v) is 3.84. The molecule has 0 saturated carbocycles. The number of rotatable bonds is 4. The van der Waals surface area contributed by atoms with Crippen molar-refractivity contribution in [2.24, 2.45) is 0 Å². The van der Waals surface area contributed by atoms with Gasteiger partial charge in [0.15, 0.2) is 5.69 Å². The normalized spacial score (nSPS) is 17.2. The number of piperidine rings is 1. The zero-order chi connectivity index (χ0) is 18.6. The van der Waals surface area contributed by atoms with E-state index in [9.17, 15) is 9.59 Å². The number of fused-ring (bicyclic) bond motifs is 1. The topological polar surface area (TPSA) is 79.0 Å². The molecule has 1 aromatic carbocycles. The molecule has 6 heteroatoms. The second kappa shape index (κ2) is 7.70. The number of nitrogens with one attached hydrogen (secondary N) is 1. The molecule has 1 unspecified atom stereocenters. The minimum Gasteiger partial charge on any atom is -0.334 e. The number of hydrogen-bond donors (Lipinski definition) is 1. The van der Waals surface area contributed by atoms with Crippen LogP contribution in [0, 0.1) is 0 Å². The molecule has 1 atom stereocenters. The number of carbonyl (C=O) groups is 1. The van der Waals surface area contributed by atoms with E-state index in [4.69, 9.17) is 0 Å². The predicted octanol–water partition coefficient (Wildman–Crippen LogP) is 2.95. The number of pyridine rings is 1. The van der Waals surface area contributed by atoms with Crippen LogP contribution in [0.4, 0.5) is 0 Å². The van der Waals surface area contributed by atoms with Crippen LogP contribution in [0.1, 0.15) is 41.9 Å². The van der Waals surface area contributed by atoms with Crippen LogP contribution in [0.2, 0.25) is 0 Å². The van der Waals surface area contributed by atoms with E-state index in [1.165, 1.54) is 0 Å². The van der Waals surface area contributed by atoms with Crippen LogP contribution in [0.3, 0.4) is 0 Å². The van der Waals surface area contributed by atoms with Crippen molar-refractivity contribution in [2.75, 3.05) is 6.54 Å². The van der Waals surface area contributed by atoms with Gasteiger partial charge in [0.1, 0.15) is 0 Å². The van der Waals surface area contributed by atoms with E-state index in [1.807, 2.05) is 29.2 Å². The van der Waals surface area contributed by atoms with Crippen LogP contribution >= 0.6 is 0 Å². The molecule has 0 spiro atoms. The molecule has 3 heterocycles. The maximum atomic E-state index is 13.3. The number of aryl methyl sites for hydroxylation is 1. The van der Waals surface area contributed by atoms with Gasteiger partial charge in [-0.2, -0.15) is 5.10 Å². The fraction of sp³-hybridized carbons (Fsp3) is 0.333. The summed E-state index contributed by atoms with van der Waals surface area (Å²) < 4.78 is 0. The number of H-pyrrole nitrogens is 1. The first-order chi connectivity index (χ1) is 13.2. The Bertz CT molecular complexity index is 1000. The highest BCUT2D eigenvalue weighted by atomic mass is 16.2. The molecular formula is C21H22N4O2. The van der Waals surface area contributed by atoms with Gasteiger partial charge in [0.25, 0.3) is 11.5 Å². The van der Waals surface area contributed by atoms with Gasteiger partial charge in [-0.15, -0.1) is 0 Å². The second-order valence-corrected chi connectivity index (χ2v) is 6.95. The summed E-state index contributed by atoms with van der Waals surface area (Å²) in [5, 5.41) is 7.68. The zero-order valence-corrected chi connectivity index (χ0v) is 15.1. The molecule has 1 fully saturated rings. The number of hydrogen-bond acceptors (Lipinski definition) is 4. The Morgan fingerprint density at radius 2 is 1.93 bits per heavy atom. The van der Waals surface area contributed by atoms with Crippen molar-refractivity contribution in [2.45, 2.75) is 38.1 Å². The molecular weight excluding hydrogens is 340 g/mol. The Morgan fingerprint density at radius 1 is 1.11 bits per heavy atom. The molecule has 2 aromatic heterocycles. The first-order valence-corrected chi connectivity index (χ1v) is 9.42. The van der Waals surface area contributed by atoms with E-state index < -0.39 is 0 Å². The highest BCUT2D eigenvalue weighted by molar-refractivity contribution is 6.04. The lowest BCUT2D eigenvalue weighted by molar-refractivity contribution is 0.0596. The van der Waals surface area contributed by atoms with Crippen molar-refractivity contribution in [1.29, 1.82) is 0 Å². The third-order valence-corrected chi connectivity index (χ3v) is 5.25. The highest BCUT2D eigenvalue weighted by Crippen LogP contribution is 2.24. The maximum absolute atomic E-state index is 13.3. The first-order valence-electron chi connectivity index (χ1n) is 9.42. The van der Waals surface area contributed by atoms with Crippen molar-refractivity contribution >= 4 is 16.7 Å². The third-order valence-electron chi connectivity index (χ3n) is 5.25. The van der Waals surface area contributed by atoms with Crippen LogP contribution in [0.15, 0.2) is 53.5 Å². The Balaban J connectivity index is 1.59. The van der Waals surface area contributed by atoms with Crippen LogP contribution < -0.4 is 5.56 Å². The summed E-state index contributed by atoms with van der Waals surface area (Å²) in [6.45, 7) is 0.723. The average Bonchev–Trinajstić information content (AvgIpc) is 2.73. The van der Waals surface area contributed by atoms with E-state index in [0.29, 0.717) is 16.5 Å². The molecule has 0 bridgehead atoms. The molecule has 0 radical (unpaired) electrons. The zero-order valence-electron chi connectivity index (χ0n) is 15.1. The molecule has 4 rings (SSSR count). The summed E-state index contributed by atoms with van der Waals surface area (Å²) in [5.41, 5.74) is 1.10. The van der Waals surface area contributed by atoms with E-state index in [-0.39, 0.29) is 17.5 Å². The lowest BCUT2D eigenvalue weighted by Gasteiger charge is -2.35. The van der Waals surface area contributed by atoms with Gasteiger partial charge in [-0.05, 0) is 50.3 Å². The quantitative estimate of drug-likeness (QED) is 0.774. The summed E-state index contributed by atoms with van der Waals surface area (Å²) in [4.78, 5) is 31.6. The summed E-state index contributed by atoms with van der Waals surface area (Å²) in [6, 6.07) is 13.2. The molecule has 6 nitrogen and oxygen atoms in total. The smallest absolute Gasteiger partial charge is 0.275 e. The van der Waals surface area contributed by atoms with Crippen molar-refractivity contribution < 1.29 is 4.79 Å². The predicted molar refractivity (Wildman–Crippen MR) is 104 cm³/mol. The SMILES string of the molecule is O=C(c1n[nH]c(=O)c2ccccc12)N1CCCCC1CCc1ccccn1. The number of benzene rings is 1. The lowest BCUT2D eigenvalue weighted by Crippen LogP contribution is -2.44. The number of aromatic amines is 1. The molecule has 1 amide bonds. The molecule has 1 saturated heterocycles. The minimum absolute atomic E-state index is 0.104. The summed E-state index contributed by atoms with van der Waals surface area (Å²) in [5.74, 6) is -0.104. The van der Waals surface area contributed by atoms with Crippen LogP contribution in [0.25, 0.3) is 10.8 Å². The molecule has 27 heavy (non-hydrogen) atoms. The minimum atomic E-state index is -0.271. The highest BCUT2D eigenvalue weighted by Gasteiger charge is 2.29. The van der Waals surface area contributed by atoms with Gasteiger partial charge in [0, 0.05) is 29.9 Å². The number of amides is 1. The van der Waals surface area contributed by atoms with Gasteiger partial charge >= 0.3 is 0 Å². The van der Waals surface area contributed by atoms with Crippen LogP contribution in [-0.2, 0) is 6.42 Å². The average molecular weight is 362 g/mol. The molecule has 1 aliphatic heterocycles. The summed E-state index contributed by atoms with van der Waals surface area (Å²) in [7, 11) is 0. The Kier molecular flexibility index (Phi) is 4.96. The Morgan fingerprint density at radius 3 is 2.74 bits per heavy atom. The van der Waals surface area contributed by atoms with E-state index in [2.05, 4.69) is 15.2 Å². The van der Waals surface area contributed by atoms with E-state index in [1.54, 1.807) is 24.4 Å². The van der Waals surface area contributed by atoms with Crippen LogP contribution in [0.5, 0.6) is 0 Å². The molecule has 0 aliphatic carbocycles. The van der Waals surface area contributed by atoms with Gasteiger partial charge < -0.3 is 4.90 Å². The van der Waals surface area contributed by atoms with Gasteiger partial charge in [0.05, 0.1) is 5.39 Å². The largest absolute Gasteiger partial charge is 0.334 e. The monoisotopic (exact) mass is 362 g/mol. The van der Waals surface area contributed by atoms with Crippen molar-refractivity contribution in [3.8, 4) is 0 Å². The van der Waals surface area contributed by atoms with Gasteiger partial charge in [0.2, 0.25) is 0 Å².